The fourth-order valence-electron chi connectivity index (χ4n) is 1.63. The molecule has 1 aliphatic heterocycles. The molecule has 0 saturated carbocycles. The fourth-order valence-corrected chi connectivity index (χ4v) is 3.28. The Bertz CT molecular complexity index is 660. The first-order valence-electron chi connectivity index (χ1n) is 6.08. The van der Waals surface area contributed by atoms with Crippen LogP contribution >= 0.6 is 11.3 Å². The molecule has 0 radical (unpaired) electrons. The maximum atomic E-state index is 12.0. The van der Waals surface area contributed by atoms with Crippen LogP contribution in [-0.2, 0) is 15.0 Å². The molecule has 0 bridgehead atoms. The molecule has 1 aromatic rings. The average molecular weight is 313 g/mol. The van der Waals surface area contributed by atoms with E-state index in [9.17, 15) is 13.2 Å². The largest absolute Gasteiger partial charge is 0.351 e. The van der Waals surface area contributed by atoms with Gasteiger partial charge in [0.05, 0.1) is 10.6 Å². The van der Waals surface area contributed by atoms with Gasteiger partial charge in [-0.1, -0.05) is 13.0 Å². The Kier molecular flexibility index (Phi) is 4.24. The SMILES string of the molecule is CCCNC(=O)C1=CC(c2cccs2)=NS(=O)(=O)N1C. The summed E-state index contributed by atoms with van der Waals surface area (Å²) in [4.78, 5) is 12.7. The predicted molar refractivity (Wildman–Crippen MR) is 78.9 cm³/mol. The van der Waals surface area contributed by atoms with Crippen molar-refractivity contribution in [1.82, 2.24) is 9.62 Å². The molecule has 0 atom stereocenters. The number of hydrogen-bond acceptors (Lipinski definition) is 4. The van der Waals surface area contributed by atoms with Crippen LogP contribution in [0.15, 0.2) is 33.7 Å². The summed E-state index contributed by atoms with van der Waals surface area (Å²) in [5.74, 6) is -0.415. The van der Waals surface area contributed by atoms with Gasteiger partial charge in [-0.25, -0.2) is 4.31 Å². The number of nitrogens with one attached hydrogen (secondary N) is 1. The molecular weight excluding hydrogens is 298 g/mol. The number of carbonyl (C=O) groups is 1. The van der Waals surface area contributed by atoms with Gasteiger partial charge in [0.1, 0.15) is 5.70 Å². The van der Waals surface area contributed by atoms with Crippen molar-refractivity contribution < 1.29 is 13.2 Å². The zero-order valence-corrected chi connectivity index (χ0v) is 12.8. The van der Waals surface area contributed by atoms with Crippen molar-refractivity contribution >= 4 is 33.2 Å². The van der Waals surface area contributed by atoms with Crippen molar-refractivity contribution in [2.24, 2.45) is 4.40 Å². The number of nitrogens with zero attached hydrogens (tertiary/aromatic N) is 2. The third kappa shape index (κ3) is 2.91. The van der Waals surface area contributed by atoms with Crippen molar-refractivity contribution in [3.05, 3.63) is 34.2 Å². The lowest BCUT2D eigenvalue weighted by Crippen LogP contribution is -2.38. The molecule has 0 unspecified atom stereocenters. The zero-order chi connectivity index (χ0) is 14.8. The molecule has 0 aromatic carbocycles. The fraction of sp³-hybridized carbons (Fsp3) is 0.333. The van der Waals surface area contributed by atoms with E-state index in [4.69, 9.17) is 0 Å². The molecule has 0 saturated heterocycles. The molecule has 6 nitrogen and oxygen atoms in total. The highest BCUT2D eigenvalue weighted by Crippen LogP contribution is 2.21. The minimum Gasteiger partial charge on any atom is -0.351 e. The molecule has 2 rings (SSSR count). The van der Waals surface area contributed by atoms with Crippen LogP contribution in [0, 0.1) is 0 Å². The molecule has 2 heterocycles. The summed E-state index contributed by atoms with van der Waals surface area (Å²) in [7, 11) is -2.54. The lowest BCUT2D eigenvalue weighted by molar-refractivity contribution is -0.118. The molecule has 1 aliphatic rings. The van der Waals surface area contributed by atoms with Crippen LogP contribution in [0.3, 0.4) is 0 Å². The highest BCUT2D eigenvalue weighted by atomic mass is 32.2. The van der Waals surface area contributed by atoms with Crippen molar-refractivity contribution in [3.8, 4) is 0 Å². The maximum absolute atomic E-state index is 12.0. The topological polar surface area (TPSA) is 78.8 Å². The van der Waals surface area contributed by atoms with Crippen molar-refractivity contribution in [3.63, 3.8) is 0 Å². The molecule has 0 spiro atoms. The van der Waals surface area contributed by atoms with Gasteiger partial charge in [-0.3, -0.25) is 4.79 Å². The van der Waals surface area contributed by atoms with Crippen LogP contribution in [0.4, 0.5) is 0 Å². The predicted octanol–water partition coefficient (Wildman–Crippen LogP) is 1.14. The van der Waals surface area contributed by atoms with E-state index in [-0.39, 0.29) is 5.70 Å². The van der Waals surface area contributed by atoms with Gasteiger partial charge in [0.2, 0.25) is 0 Å². The van der Waals surface area contributed by atoms with Crippen molar-refractivity contribution in [2.75, 3.05) is 13.6 Å². The number of hydrogen-bond donors (Lipinski definition) is 1. The first-order valence-corrected chi connectivity index (χ1v) is 8.36. The highest BCUT2D eigenvalue weighted by molar-refractivity contribution is 7.88. The van der Waals surface area contributed by atoms with E-state index in [0.29, 0.717) is 17.1 Å². The smallest absolute Gasteiger partial charge is 0.345 e. The number of thiophene rings is 1. The van der Waals surface area contributed by atoms with Gasteiger partial charge in [0.15, 0.2) is 0 Å². The molecule has 1 aromatic heterocycles. The first-order chi connectivity index (χ1) is 9.45. The van der Waals surface area contributed by atoms with E-state index >= 15 is 0 Å². The summed E-state index contributed by atoms with van der Waals surface area (Å²) < 4.78 is 28.6. The van der Waals surface area contributed by atoms with Crippen molar-refractivity contribution in [1.29, 1.82) is 0 Å². The number of rotatable bonds is 4. The zero-order valence-electron chi connectivity index (χ0n) is 11.2. The van der Waals surface area contributed by atoms with Gasteiger partial charge in [-0.2, -0.15) is 8.42 Å². The van der Waals surface area contributed by atoms with Gasteiger partial charge in [-0.05, 0) is 23.9 Å². The van der Waals surface area contributed by atoms with Gasteiger partial charge < -0.3 is 5.32 Å². The summed E-state index contributed by atoms with van der Waals surface area (Å²) in [6, 6.07) is 3.57. The minimum atomic E-state index is -3.86. The van der Waals surface area contributed by atoms with E-state index in [1.54, 1.807) is 12.1 Å². The normalized spacial score (nSPS) is 17.4. The Labute approximate surface area is 122 Å². The van der Waals surface area contributed by atoms with E-state index in [0.717, 1.165) is 10.7 Å². The lowest BCUT2D eigenvalue weighted by Gasteiger charge is -2.23. The molecule has 108 valence electrons. The average Bonchev–Trinajstić information content (AvgIpc) is 2.92. The molecule has 8 heteroatoms. The number of likely N-dealkylation sites (N-methyl/N-ethyl adjacent to an activating group) is 1. The van der Waals surface area contributed by atoms with Gasteiger partial charge in [0, 0.05) is 13.6 Å². The Morgan fingerprint density at radius 3 is 2.85 bits per heavy atom. The molecule has 20 heavy (non-hydrogen) atoms. The summed E-state index contributed by atoms with van der Waals surface area (Å²) in [6.07, 6.45) is 2.28. The van der Waals surface area contributed by atoms with Crippen LogP contribution in [0.1, 0.15) is 18.2 Å². The summed E-state index contributed by atoms with van der Waals surface area (Å²) in [5, 5.41) is 4.50. The van der Waals surface area contributed by atoms with E-state index in [1.807, 2.05) is 12.3 Å². The third-order valence-corrected chi connectivity index (χ3v) is 4.92. The van der Waals surface area contributed by atoms with Crippen LogP contribution < -0.4 is 5.32 Å². The van der Waals surface area contributed by atoms with Crippen LogP contribution in [-0.4, -0.2) is 37.9 Å². The van der Waals surface area contributed by atoms with Gasteiger partial charge >= 0.3 is 10.2 Å². The number of allylic oxidation sites excluding steroid dienone is 1. The Hall–Kier alpha value is -1.67. The second kappa shape index (κ2) is 5.76. The Morgan fingerprint density at radius 2 is 2.25 bits per heavy atom. The van der Waals surface area contributed by atoms with Crippen LogP contribution in [0.25, 0.3) is 0 Å². The van der Waals surface area contributed by atoms with E-state index in [2.05, 4.69) is 9.71 Å². The molecule has 1 N–H and O–H groups in total. The van der Waals surface area contributed by atoms with Crippen LogP contribution in [0.5, 0.6) is 0 Å². The summed E-state index contributed by atoms with van der Waals surface area (Å²) in [6.45, 7) is 2.42. The summed E-state index contributed by atoms with van der Waals surface area (Å²) in [5.41, 5.74) is 0.372. The monoisotopic (exact) mass is 313 g/mol. The number of amides is 1. The first kappa shape index (κ1) is 14.7. The quantitative estimate of drug-likeness (QED) is 0.905. The summed E-state index contributed by atoms with van der Waals surface area (Å²) >= 11 is 1.37. The van der Waals surface area contributed by atoms with Gasteiger partial charge in [-0.15, -0.1) is 15.7 Å². The Balaban J connectivity index is 2.40. The molecule has 1 amide bonds. The standard InChI is InChI=1S/C12H15N3O3S2/c1-3-6-13-12(16)10-8-9(11-5-4-7-19-11)14-20(17,18)15(10)2/h4-5,7-8H,3,6H2,1-2H3,(H,13,16). The molecule has 0 fully saturated rings. The minimum absolute atomic E-state index is 0.0804. The third-order valence-electron chi connectivity index (χ3n) is 2.71. The molecular formula is C12H15N3O3S2. The van der Waals surface area contributed by atoms with Crippen LogP contribution in [0.2, 0.25) is 0 Å². The van der Waals surface area contributed by atoms with Gasteiger partial charge in [0.25, 0.3) is 5.91 Å². The van der Waals surface area contributed by atoms with Crippen molar-refractivity contribution in [2.45, 2.75) is 13.3 Å². The van der Waals surface area contributed by atoms with E-state index in [1.165, 1.54) is 24.5 Å². The van der Waals surface area contributed by atoms with E-state index < -0.39 is 16.1 Å². The number of carbonyl (C=O) groups excluding carboxylic acids is 1. The highest BCUT2D eigenvalue weighted by Gasteiger charge is 2.29. The Morgan fingerprint density at radius 1 is 1.50 bits per heavy atom. The second-order valence-electron chi connectivity index (χ2n) is 4.18. The molecule has 0 aliphatic carbocycles. The lowest BCUT2D eigenvalue weighted by atomic mass is 10.2. The maximum Gasteiger partial charge on any atom is 0.345 e. The second-order valence-corrected chi connectivity index (χ2v) is 6.76.